The maximum atomic E-state index is 12.0. The lowest BCUT2D eigenvalue weighted by Gasteiger charge is -2.35. The molecule has 1 spiro atoms. The highest BCUT2D eigenvalue weighted by atomic mass is 16.7. The molecule has 5 nitrogen and oxygen atoms in total. The van der Waals surface area contributed by atoms with E-state index < -0.39 is 5.54 Å². The first-order chi connectivity index (χ1) is 8.05. The normalized spacial score (nSPS) is 32.3. The van der Waals surface area contributed by atoms with E-state index in [4.69, 9.17) is 9.57 Å². The fraction of sp³-hybridized carbons (Fsp3) is 0.500. The predicted octanol–water partition coefficient (Wildman–Crippen LogP) is 0.824. The summed E-state index contributed by atoms with van der Waals surface area (Å²) in [5.41, 5.74) is -0.770. The molecule has 17 heavy (non-hydrogen) atoms. The minimum atomic E-state index is -0.770. The largest absolute Gasteiger partial charge is 0.498 e. The van der Waals surface area contributed by atoms with E-state index in [1.54, 1.807) is 6.08 Å². The highest BCUT2D eigenvalue weighted by Crippen LogP contribution is 2.42. The Morgan fingerprint density at radius 1 is 1.41 bits per heavy atom. The number of amides is 1. The Hall–Kier alpha value is -1.62. The second-order valence-corrected chi connectivity index (χ2v) is 4.29. The van der Waals surface area contributed by atoms with Gasteiger partial charge in [-0.2, -0.15) is 0 Å². The number of hydrogen-bond donors (Lipinski definition) is 0. The maximum Gasteiger partial charge on any atom is 0.250 e. The first kappa shape index (κ1) is 11.9. The number of ether oxygens (including phenoxy) is 1. The number of carbonyl (C=O) groups excluding carboxylic acids is 2. The van der Waals surface area contributed by atoms with Gasteiger partial charge in [-0.05, 0) is 18.6 Å². The Bertz CT molecular complexity index is 426. The fourth-order valence-corrected chi connectivity index (χ4v) is 2.46. The number of hydroxylamine groups is 2. The van der Waals surface area contributed by atoms with Gasteiger partial charge in [0, 0.05) is 12.0 Å². The third-order valence-electron chi connectivity index (χ3n) is 3.23. The summed E-state index contributed by atoms with van der Waals surface area (Å²) in [5, 5.41) is 1.29. The lowest BCUT2D eigenvalue weighted by atomic mass is 9.87. The fourth-order valence-electron chi connectivity index (χ4n) is 2.46. The van der Waals surface area contributed by atoms with Gasteiger partial charge in [-0.25, -0.2) is 5.06 Å². The van der Waals surface area contributed by atoms with Crippen LogP contribution in [-0.4, -0.2) is 36.5 Å². The average Bonchev–Trinajstić information content (AvgIpc) is 2.55. The van der Waals surface area contributed by atoms with Crippen molar-refractivity contribution < 1.29 is 19.2 Å². The molecule has 0 unspecified atom stereocenters. The van der Waals surface area contributed by atoms with Crippen LogP contribution in [0.25, 0.3) is 0 Å². The molecule has 1 heterocycles. The average molecular weight is 237 g/mol. The van der Waals surface area contributed by atoms with Gasteiger partial charge in [-0.1, -0.05) is 6.92 Å². The van der Waals surface area contributed by atoms with Gasteiger partial charge in [0.2, 0.25) is 5.91 Å². The molecule has 0 aromatic carbocycles. The second kappa shape index (κ2) is 4.00. The van der Waals surface area contributed by atoms with Crippen LogP contribution in [0.1, 0.15) is 13.3 Å². The van der Waals surface area contributed by atoms with E-state index in [9.17, 15) is 9.59 Å². The van der Waals surface area contributed by atoms with Crippen LogP contribution in [0.15, 0.2) is 24.0 Å². The number of rotatable bonds is 2. The summed E-state index contributed by atoms with van der Waals surface area (Å²) < 4.78 is 5.24. The Balaban J connectivity index is 2.48. The van der Waals surface area contributed by atoms with E-state index in [0.29, 0.717) is 12.2 Å². The zero-order chi connectivity index (χ0) is 12.6. The van der Waals surface area contributed by atoms with E-state index in [0.717, 1.165) is 0 Å². The maximum absolute atomic E-state index is 12.0. The second-order valence-electron chi connectivity index (χ2n) is 4.29. The van der Waals surface area contributed by atoms with Crippen molar-refractivity contribution in [1.29, 1.82) is 0 Å². The Morgan fingerprint density at radius 2 is 2.12 bits per heavy atom. The standard InChI is InChI=1S/C12H15NO4/c1-8-7-12(13(17-3)11(8)15)5-4-9(14)6-10(12)16-2/h4-6,8H,7H2,1-3H3/t8-,12-/m0/s1. The van der Waals surface area contributed by atoms with Gasteiger partial charge in [-0.3, -0.25) is 14.4 Å². The van der Waals surface area contributed by atoms with Crippen LogP contribution < -0.4 is 0 Å². The predicted molar refractivity (Wildman–Crippen MR) is 59.6 cm³/mol. The zero-order valence-electron chi connectivity index (χ0n) is 10.1. The summed E-state index contributed by atoms with van der Waals surface area (Å²) in [6, 6.07) is 0. The molecule has 2 aliphatic rings. The smallest absolute Gasteiger partial charge is 0.250 e. The van der Waals surface area contributed by atoms with Crippen LogP contribution in [0, 0.1) is 5.92 Å². The molecule has 1 saturated heterocycles. The summed E-state index contributed by atoms with van der Waals surface area (Å²) in [6.07, 6.45) is 5.07. The first-order valence-corrected chi connectivity index (χ1v) is 5.42. The van der Waals surface area contributed by atoms with Crippen LogP contribution in [0.4, 0.5) is 0 Å². The number of allylic oxidation sites excluding steroid dienone is 2. The summed E-state index contributed by atoms with van der Waals surface area (Å²) in [6.45, 7) is 1.83. The van der Waals surface area contributed by atoms with Crippen molar-refractivity contribution in [3.8, 4) is 0 Å². The minimum Gasteiger partial charge on any atom is -0.498 e. The molecule has 0 radical (unpaired) electrons. The van der Waals surface area contributed by atoms with Crippen molar-refractivity contribution in [3.05, 3.63) is 24.0 Å². The molecule has 1 aliphatic carbocycles. The van der Waals surface area contributed by atoms with Gasteiger partial charge in [0.15, 0.2) is 5.78 Å². The van der Waals surface area contributed by atoms with Crippen molar-refractivity contribution in [2.75, 3.05) is 14.2 Å². The summed E-state index contributed by atoms with van der Waals surface area (Å²) in [7, 11) is 2.93. The van der Waals surface area contributed by atoms with Crippen LogP contribution in [0.5, 0.6) is 0 Å². The van der Waals surface area contributed by atoms with Crippen molar-refractivity contribution in [2.45, 2.75) is 18.9 Å². The highest BCUT2D eigenvalue weighted by Gasteiger charge is 2.53. The molecule has 1 aliphatic heterocycles. The molecule has 1 fully saturated rings. The van der Waals surface area contributed by atoms with Crippen molar-refractivity contribution in [1.82, 2.24) is 5.06 Å². The Kier molecular flexibility index (Phi) is 2.79. The molecule has 0 aromatic rings. The van der Waals surface area contributed by atoms with Crippen LogP contribution >= 0.6 is 0 Å². The highest BCUT2D eigenvalue weighted by molar-refractivity contribution is 6.01. The molecule has 1 amide bonds. The number of nitrogens with zero attached hydrogens (tertiary/aromatic N) is 1. The number of carbonyl (C=O) groups is 2. The van der Waals surface area contributed by atoms with Gasteiger partial charge in [-0.15, -0.1) is 0 Å². The van der Waals surface area contributed by atoms with Crippen LogP contribution in [0.2, 0.25) is 0 Å². The monoisotopic (exact) mass is 237 g/mol. The lowest BCUT2D eigenvalue weighted by molar-refractivity contribution is -0.188. The molecule has 5 heteroatoms. The molecular weight excluding hydrogens is 222 g/mol. The van der Waals surface area contributed by atoms with Gasteiger partial charge in [0.25, 0.3) is 0 Å². The van der Waals surface area contributed by atoms with Crippen molar-refractivity contribution in [3.63, 3.8) is 0 Å². The Labute approximate surface area is 99.6 Å². The summed E-state index contributed by atoms with van der Waals surface area (Å²) in [5.74, 6) is 0.0425. The van der Waals surface area contributed by atoms with Crippen molar-refractivity contribution >= 4 is 11.7 Å². The van der Waals surface area contributed by atoms with Gasteiger partial charge < -0.3 is 4.74 Å². The number of hydrogen-bond acceptors (Lipinski definition) is 4. The zero-order valence-corrected chi connectivity index (χ0v) is 10.1. The quantitative estimate of drug-likeness (QED) is 0.713. The number of methoxy groups -OCH3 is 1. The SMILES string of the molecule is COC1=CC(=O)C=C[C@]12C[C@H](C)C(=O)N2OC. The van der Waals surface area contributed by atoms with E-state index in [-0.39, 0.29) is 17.6 Å². The van der Waals surface area contributed by atoms with E-state index in [1.807, 2.05) is 6.92 Å². The molecule has 0 aromatic heterocycles. The molecule has 2 atom stereocenters. The third-order valence-corrected chi connectivity index (χ3v) is 3.23. The number of ketones is 1. The summed E-state index contributed by atoms with van der Waals surface area (Å²) >= 11 is 0. The Morgan fingerprint density at radius 3 is 2.71 bits per heavy atom. The minimum absolute atomic E-state index is 0.102. The summed E-state index contributed by atoms with van der Waals surface area (Å²) in [4.78, 5) is 28.4. The van der Waals surface area contributed by atoms with E-state index >= 15 is 0 Å². The third kappa shape index (κ3) is 1.58. The molecular formula is C12H15NO4. The lowest BCUT2D eigenvalue weighted by Crippen LogP contribution is -2.46. The molecule has 2 rings (SSSR count). The molecule has 0 saturated carbocycles. The first-order valence-electron chi connectivity index (χ1n) is 5.42. The van der Waals surface area contributed by atoms with Gasteiger partial charge >= 0.3 is 0 Å². The van der Waals surface area contributed by atoms with Crippen LogP contribution in [0.3, 0.4) is 0 Å². The van der Waals surface area contributed by atoms with Crippen LogP contribution in [-0.2, 0) is 19.2 Å². The van der Waals surface area contributed by atoms with Gasteiger partial charge in [0.1, 0.15) is 11.3 Å². The topological polar surface area (TPSA) is 55.8 Å². The molecule has 92 valence electrons. The van der Waals surface area contributed by atoms with Crippen molar-refractivity contribution in [2.24, 2.45) is 5.92 Å². The molecule has 0 N–H and O–H groups in total. The van der Waals surface area contributed by atoms with E-state index in [1.165, 1.54) is 31.4 Å². The van der Waals surface area contributed by atoms with E-state index in [2.05, 4.69) is 0 Å². The van der Waals surface area contributed by atoms with Gasteiger partial charge in [0.05, 0.1) is 14.2 Å². The molecule has 0 bridgehead atoms.